The summed E-state index contributed by atoms with van der Waals surface area (Å²) >= 11 is 0. The van der Waals surface area contributed by atoms with Gasteiger partial charge in [0.15, 0.2) is 0 Å². The number of rotatable bonds is 3. The first-order chi connectivity index (χ1) is 11.4. The van der Waals surface area contributed by atoms with E-state index in [4.69, 9.17) is 0 Å². The molecule has 0 unspecified atom stereocenters. The molecule has 3 rings (SSSR count). The van der Waals surface area contributed by atoms with Gasteiger partial charge in [-0.05, 0) is 55.7 Å². The number of fused-ring (bicyclic) bond motifs is 1. The summed E-state index contributed by atoms with van der Waals surface area (Å²) in [5.41, 5.74) is 7.23. The van der Waals surface area contributed by atoms with E-state index in [1.54, 1.807) is 7.05 Å². The van der Waals surface area contributed by atoms with Crippen LogP contribution in [-0.4, -0.2) is 22.9 Å². The normalized spacial score (nSPS) is 11.2. The quantitative estimate of drug-likeness (QED) is 0.754. The van der Waals surface area contributed by atoms with E-state index in [0.29, 0.717) is 11.5 Å². The molecule has 0 radical (unpaired) electrons. The maximum Gasteiger partial charge on any atom is 0.251 e. The number of benzene rings is 1. The van der Waals surface area contributed by atoms with Crippen molar-refractivity contribution in [2.24, 2.45) is 0 Å². The number of carbonyl (C=O) groups is 1. The lowest BCUT2D eigenvalue weighted by Crippen LogP contribution is -2.17. The molecular formula is C20H23N3O. The maximum absolute atomic E-state index is 12.0. The number of aryl methyl sites for hydroxylation is 2. The van der Waals surface area contributed by atoms with Crippen molar-refractivity contribution in [1.82, 2.24) is 15.3 Å². The number of hydrogen-bond donors (Lipinski definition) is 2. The SMILES string of the molecule is CNC(=O)c1ccc2[nH]c(-c3cc(C)nc(C)c3)c(C(C)C)c2c1. The summed E-state index contributed by atoms with van der Waals surface area (Å²) < 4.78 is 0. The Bertz CT molecular complexity index is 902. The second-order valence-corrected chi connectivity index (χ2v) is 6.55. The van der Waals surface area contributed by atoms with Gasteiger partial charge in [-0.1, -0.05) is 13.8 Å². The van der Waals surface area contributed by atoms with E-state index in [1.165, 1.54) is 5.56 Å². The summed E-state index contributed by atoms with van der Waals surface area (Å²) in [6.07, 6.45) is 0. The van der Waals surface area contributed by atoms with Crippen molar-refractivity contribution >= 4 is 16.8 Å². The minimum Gasteiger partial charge on any atom is -0.355 e. The van der Waals surface area contributed by atoms with Crippen LogP contribution in [0.25, 0.3) is 22.2 Å². The summed E-state index contributed by atoms with van der Waals surface area (Å²) in [5, 5.41) is 3.80. The fourth-order valence-corrected chi connectivity index (χ4v) is 3.30. The number of aromatic nitrogens is 2. The van der Waals surface area contributed by atoms with Gasteiger partial charge in [0.05, 0.1) is 5.69 Å². The molecule has 3 aromatic rings. The second-order valence-electron chi connectivity index (χ2n) is 6.55. The van der Waals surface area contributed by atoms with Crippen LogP contribution in [0.3, 0.4) is 0 Å². The first-order valence-corrected chi connectivity index (χ1v) is 8.24. The number of carbonyl (C=O) groups excluding carboxylic acids is 1. The molecule has 4 heteroatoms. The molecule has 0 fully saturated rings. The number of nitrogens with one attached hydrogen (secondary N) is 2. The highest BCUT2D eigenvalue weighted by atomic mass is 16.1. The molecule has 0 spiro atoms. The van der Waals surface area contributed by atoms with Gasteiger partial charge in [-0.3, -0.25) is 9.78 Å². The average molecular weight is 321 g/mol. The molecule has 0 aliphatic heterocycles. The lowest BCUT2D eigenvalue weighted by Gasteiger charge is -2.10. The highest BCUT2D eigenvalue weighted by molar-refractivity contribution is 6.00. The topological polar surface area (TPSA) is 57.8 Å². The first-order valence-electron chi connectivity index (χ1n) is 8.24. The Labute approximate surface area is 142 Å². The maximum atomic E-state index is 12.0. The summed E-state index contributed by atoms with van der Waals surface area (Å²) in [4.78, 5) is 20.0. The van der Waals surface area contributed by atoms with Gasteiger partial charge in [0.25, 0.3) is 5.91 Å². The van der Waals surface area contributed by atoms with Crippen LogP contribution in [0.5, 0.6) is 0 Å². The van der Waals surface area contributed by atoms with Crippen molar-refractivity contribution < 1.29 is 4.79 Å². The molecule has 2 aromatic heterocycles. The Balaban J connectivity index is 2.28. The number of nitrogens with zero attached hydrogens (tertiary/aromatic N) is 1. The first kappa shape index (κ1) is 16.2. The molecule has 1 amide bonds. The van der Waals surface area contributed by atoms with Crippen molar-refractivity contribution in [3.8, 4) is 11.3 Å². The van der Waals surface area contributed by atoms with Crippen molar-refractivity contribution in [2.45, 2.75) is 33.6 Å². The summed E-state index contributed by atoms with van der Waals surface area (Å²) in [6.45, 7) is 8.38. The Morgan fingerprint density at radius 1 is 1.12 bits per heavy atom. The van der Waals surface area contributed by atoms with E-state index >= 15 is 0 Å². The zero-order valence-electron chi connectivity index (χ0n) is 14.8. The van der Waals surface area contributed by atoms with Crippen LogP contribution in [0.1, 0.15) is 47.1 Å². The van der Waals surface area contributed by atoms with E-state index in [1.807, 2.05) is 32.0 Å². The molecule has 0 saturated heterocycles. The summed E-state index contributed by atoms with van der Waals surface area (Å²) in [6, 6.07) is 10.0. The number of aromatic amines is 1. The molecule has 0 bridgehead atoms. The molecule has 2 N–H and O–H groups in total. The van der Waals surface area contributed by atoms with Crippen molar-refractivity contribution in [1.29, 1.82) is 0 Å². The van der Waals surface area contributed by atoms with Crippen LogP contribution in [0.2, 0.25) is 0 Å². The van der Waals surface area contributed by atoms with Gasteiger partial charge in [-0.25, -0.2) is 0 Å². The third-order valence-corrected chi connectivity index (χ3v) is 4.28. The molecule has 0 aliphatic rings. The molecule has 0 saturated carbocycles. The molecule has 2 heterocycles. The van der Waals surface area contributed by atoms with Gasteiger partial charge in [-0.2, -0.15) is 0 Å². The summed E-state index contributed by atoms with van der Waals surface area (Å²) in [5.74, 6) is 0.271. The zero-order chi connectivity index (χ0) is 17.4. The van der Waals surface area contributed by atoms with Crippen LogP contribution in [-0.2, 0) is 0 Å². The molecular weight excluding hydrogens is 298 g/mol. The molecule has 0 atom stereocenters. The monoisotopic (exact) mass is 321 g/mol. The number of H-pyrrole nitrogens is 1. The van der Waals surface area contributed by atoms with Crippen LogP contribution >= 0.6 is 0 Å². The van der Waals surface area contributed by atoms with Gasteiger partial charge in [-0.15, -0.1) is 0 Å². The Kier molecular flexibility index (Phi) is 4.14. The smallest absolute Gasteiger partial charge is 0.251 e. The lowest BCUT2D eigenvalue weighted by molar-refractivity contribution is 0.0963. The van der Waals surface area contributed by atoms with Crippen LogP contribution in [0.15, 0.2) is 30.3 Å². The van der Waals surface area contributed by atoms with Crippen molar-refractivity contribution in [3.63, 3.8) is 0 Å². The fourth-order valence-electron chi connectivity index (χ4n) is 3.30. The Hall–Kier alpha value is -2.62. The van der Waals surface area contributed by atoms with Gasteiger partial charge in [0.1, 0.15) is 0 Å². The standard InChI is InChI=1S/C20H23N3O/c1-11(2)18-16-10-14(20(24)21-5)6-7-17(16)23-19(18)15-8-12(3)22-13(4)9-15/h6-11,23H,1-5H3,(H,21,24). The van der Waals surface area contributed by atoms with Gasteiger partial charge < -0.3 is 10.3 Å². The van der Waals surface area contributed by atoms with Crippen molar-refractivity contribution in [3.05, 3.63) is 52.8 Å². The molecule has 1 aromatic carbocycles. The van der Waals surface area contributed by atoms with E-state index in [-0.39, 0.29) is 5.91 Å². The minimum atomic E-state index is -0.0649. The number of hydrogen-bond acceptors (Lipinski definition) is 2. The molecule has 4 nitrogen and oxygen atoms in total. The fraction of sp³-hybridized carbons (Fsp3) is 0.300. The highest BCUT2D eigenvalue weighted by Gasteiger charge is 2.18. The largest absolute Gasteiger partial charge is 0.355 e. The van der Waals surface area contributed by atoms with Crippen molar-refractivity contribution in [2.75, 3.05) is 7.05 Å². The highest BCUT2D eigenvalue weighted by Crippen LogP contribution is 2.36. The summed E-state index contributed by atoms with van der Waals surface area (Å²) in [7, 11) is 1.65. The van der Waals surface area contributed by atoms with Gasteiger partial charge >= 0.3 is 0 Å². The van der Waals surface area contributed by atoms with E-state index < -0.39 is 0 Å². The predicted molar refractivity (Wildman–Crippen MR) is 98.5 cm³/mol. The average Bonchev–Trinajstić information content (AvgIpc) is 2.91. The van der Waals surface area contributed by atoms with Crippen LogP contribution in [0, 0.1) is 13.8 Å². The number of pyridine rings is 1. The van der Waals surface area contributed by atoms with E-state index in [0.717, 1.165) is 33.5 Å². The Morgan fingerprint density at radius 3 is 2.38 bits per heavy atom. The lowest BCUT2D eigenvalue weighted by atomic mass is 9.95. The predicted octanol–water partition coefficient (Wildman–Crippen LogP) is 4.33. The second kappa shape index (κ2) is 6.11. The van der Waals surface area contributed by atoms with Gasteiger partial charge in [0, 0.05) is 40.5 Å². The number of amides is 1. The zero-order valence-corrected chi connectivity index (χ0v) is 14.8. The van der Waals surface area contributed by atoms with Crippen LogP contribution < -0.4 is 5.32 Å². The van der Waals surface area contributed by atoms with E-state index in [2.05, 4.69) is 41.3 Å². The third-order valence-electron chi connectivity index (χ3n) is 4.28. The third kappa shape index (κ3) is 2.80. The van der Waals surface area contributed by atoms with Gasteiger partial charge in [0.2, 0.25) is 0 Å². The van der Waals surface area contributed by atoms with E-state index in [9.17, 15) is 4.79 Å². The molecule has 24 heavy (non-hydrogen) atoms. The minimum absolute atomic E-state index is 0.0649. The molecule has 124 valence electrons. The van der Waals surface area contributed by atoms with Crippen LogP contribution in [0.4, 0.5) is 0 Å². The molecule has 0 aliphatic carbocycles. The Morgan fingerprint density at radius 2 is 1.79 bits per heavy atom.